The van der Waals surface area contributed by atoms with Gasteiger partial charge in [0.2, 0.25) is 0 Å². The maximum Gasteiger partial charge on any atom is 0.141 e. The molecule has 1 aromatic rings. The van der Waals surface area contributed by atoms with Crippen molar-refractivity contribution in [3.8, 4) is 0 Å². The molecule has 1 fully saturated rings. The highest BCUT2D eigenvalue weighted by atomic mass is 79.9. The molecular formula is C11H13BrOS. The van der Waals surface area contributed by atoms with Crippen LogP contribution in [0.5, 0.6) is 0 Å². The lowest BCUT2D eigenvalue weighted by atomic mass is 9.98. The van der Waals surface area contributed by atoms with Gasteiger partial charge in [-0.15, -0.1) is 11.3 Å². The summed E-state index contributed by atoms with van der Waals surface area (Å²) in [6, 6.07) is 2.01. The van der Waals surface area contributed by atoms with E-state index < -0.39 is 0 Å². The van der Waals surface area contributed by atoms with E-state index in [0.717, 1.165) is 4.47 Å². The number of hydrogen-bond donors (Lipinski definition) is 0. The van der Waals surface area contributed by atoms with E-state index in [-0.39, 0.29) is 5.92 Å². The van der Waals surface area contributed by atoms with Crippen molar-refractivity contribution in [3.63, 3.8) is 0 Å². The minimum Gasteiger partial charge on any atom is -0.299 e. The molecule has 1 aliphatic carbocycles. The fourth-order valence-electron chi connectivity index (χ4n) is 1.63. The lowest BCUT2D eigenvalue weighted by Gasteiger charge is -2.07. The molecule has 0 saturated heterocycles. The summed E-state index contributed by atoms with van der Waals surface area (Å²) in [6.07, 6.45) is 3.10. The number of thiophene rings is 1. The molecule has 1 saturated carbocycles. The molecule has 0 spiro atoms. The maximum atomic E-state index is 11.8. The van der Waals surface area contributed by atoms with Crippen LogP contribution in [0.2, 0.25) is 0 Å². The van der Waals surface area contributed by atoms with E-state index in [1.807, 2.05) is 11.4 Å². The Hall–Kier alpha value is -0.150. The molecular weight excluding hydrogens is 260 g/mol. The second kappa shape index (κ2) is 4.15. The van der Waals surface area contributed by atoms with Crippen molar-refractivity contribution in [2.75, 3.05) is 0 Å². The minimum absolute atomic E-state index is 0.268. The fourth-order valence-corrected chi connectivity index (χ4v) is 3.13. The summed E-state index contributed by atoms with van der Waals surface area (Å²) in [6.45, 7) is 2.07. The van der Waals surface area contributed by atoms with E-state index in [4.69, 9.17) is 0 Å². The standard InChI is InChI=1S/C11H13BrOS/c1-7(8-2-3-8)10(13)6-11-9(12)4-5-14-11/h4-5,7-8H,2-3,6H2,1H3. The number of rotatable bonds is 4. The Labute approximate surface area is 96.6 Å². The molecule has 1 aliphatic rings. The summed E-state index contributed by atoms with van der Waals surface area (Å²) >= 11 is 5.11. The first-order valence-electron chi connectivity index (χ1n) is 4.93. The Morgan fingerprint density at radius 3 is 2.93 bits per heavy atom. The van der Waals surface area contributed by atoms with E-state index in [2.05, 4.69) is 22.9 Å². The third kappa shape index (κ3) is 2.26. The van der Waals surface area contributed by atoms with Crippen molar-refractivity contribution in [2.24, 2.45) is 11.8 Å². The average Bonchev–Trinajstić information content (AvgIpc) is 2.92. The summed E-state index contributed by atoms with van der Waals surface area (Å²) in [4.78, 5) is 13.0. The molecule has 0 amide bonds. The van der Waals surface area contributed by atoms with Crippen molar-refractivity contribution >= 4 is 33.0 Å². The number of halogens is 1. The summed E-state index contributed by atoms with van der Waals surface area (Å²) in [5, 5.41) is 2.02. The van der Waals surface area contributed by atoms with Gasteiger partial charge in [-0.25, -0.2) is 0 Å². The molecule has 1 unspecified atom stereocenters. The predicted octanol–water partition coefficient (Wildman–Crippen LogP) is 3.67. The smallest absolute Gasteiger partial charge is 0.141 e. The first kappa shape index (κ1) is 10.4. The molecule has 76 valence electrons. The van der Waals surface area contributed by atoms with Gasteiger partial charge >= 0.3 is 0 Å². The molecule has 1 nitrogen and oxygen atoms in total. The summed E-state index contributed by atoms with van der Waals surface area (Å²) in [5.41, 5.74) is 0. The highest BCUT2D eigenvalue weighted by molar-refractivity contribution is 9.10. The van der Waals surface area contributed by atoms with Crippen LogP contribution in [-0.2, 0) is 11.2 Å². The number of carbonyl (C=O) groups is 1. The lowest BCUT2D eigenvalue weighted by molar-refractivity contribution is -0.122. The Morgan fingerprint density at radius 2 is 2.43 bits per heavy atom. The van der Waals surface area contributed by atoms with Gasteiger partial charge in [0.25, 0.3) is 0 Å². The zero-order valence-electron chi connectivity index (χ0n) is 8.13. The normalized spacial score (nSPS) is 18.1. The van der Waals surface area contributed by atoms with Gasteiger partial charge in [0.1, 0.15) is 5.78 Å². The van der Waals surface area contributed by atoms with E-state index >= 15 is 0 Å². The molecule has 0 aliphatic heterocycles. The summed E-state index contributed by atoms with van der Waals surface area (Å²) in [5.74, 6) is 1.35. The molecule has 0 aromatic carbocycles. The van der Waals surface area contributed by atoms with Gasteiger partial charge in [-0.3, -0.25) is 4.79 Å². The van der Waals surface area contributed by atoms with E-state index in [1.165, 1.54) is 17.7 Å². The molecule has 1 atom stereocenters. The summed E-state index contributed by atoms with van der Waals surface area (Å²) in [7, 11) is 0. The topological polar surface area (TPSA) is 17.1 Å². The first-order valence-corrected chi connectivity index (χ1v) is 6.60. The van der Waals surface area contributed by atoms with Crippen molar-refractivity contribution in [1.29, 1.82) is 0 Å². The second-order valence-electron chi connectivity index (χ2n) is 3.96. The van der Waals surface area contributed by atoms with Crippen LogP contribution < -0.4 is 0 Å². The largest absolute Gasteiger partial charge is 0.299 e. The third-order valence-electron chi connectivity index (χ3n) is 2.86. The Bertz CT molecular complexity index is 341. The SMILES string of the molecule is CC(C(=O)Cc1sccc1Br)C1CC1. The molecule has 0 bridgehead atoms. The first-order chi connectivity index (χ1) is 6.68. The van der Waals surface area contributed by atoms with Gasteiger partial charge in [0, 0.05) is 21.7 Å². The quantitative estimate of drug-likeness (QED) is 0.818. The van der Waals surface area contributed by atoms with Gasteiger partial charge in [-0.2, -0.15) is 0 Å². The van der Waals surface area contributed by atoms with Crippen LogP contribution in [0.1, 0.15) is 24.6 Å². The number of hydrogen-bond acceptors (Lipinski definition) is 2. The fraction of sp³-hybridized carbons (Fsp3) is 0.545. The van der Waals surface area contributed by atoms with E-state index in [1.54, 1.807) is 11.3 Å². The second-order valence-corrected chi connectivity index (χ2v) is 5.82. The van der Waals surface area contributed by atoms with Gasteiger partial charge in [-0.05, 0) is 46.1 Å². The van der Waals surface area contributed by atoms with Gasteiger partial charge in [0.05, 0.1) is 0 Å². The molecule has 1 heterocycles. The predicted molar refractivity (Wildman–Crippen MR) is 62.6 cm³/mol. The molecule has 1 aromatic heterocycles. The van der Waals surface area contributed by atoms with Crippen molar-refractivity contribution in [1.82, 2.24) is 0 Å². The highest BCUT2D eigenvalue weighted by Crippen LogP contribution is 2.38. The van der Waals surface area contributed by atoms with Crippen LogP contribution in [-0.4, -0.2) is 5.78 Å². The van der Waals surface area contributed by atoms with Gasteiger partial charge < -0.3 is 0 Å². The average molecular weight is 273 g/mol. The van der Waals surface area contributed by atoms with Gasteiger partial charge in [-0.1, -0.05) is 6.92 Å². The van der Waals surface area contributed by atoms with E-state index in [9.17, 15) is 4.79 Å². The Balaban J connectivity index is 1.97. The Morgan fingerprint density at radius 1 is 1.71 bits per heavy atom. The van der Waals surface area contributed by atoms with Crippen LogP contribution in [0, 0.1) is 11.8 Å². The minimum atomic E-state index is 0.268. The zero-order chi connectivity index (χ0) is 10.1. The van der Waals surface area contributed by atoms with Crippen LogP contribution in [0.3, 0.4) is 0 Å². The van der Waals surface area contributed by atoms with E-state index in [0.29, 0.717) is 18.1 Å². The third-order valence-corrected chi connectivity index (χ3v) is 4.79. The number of Topliss-reactive ketones (excluding diaryl/α,β-unsaturated/α-hetero) is 1. The maximum absolute atomic E-state index is 11.8. The van der Waals surface area contributed by atoms with Crippen LogP contribution >= 0.6 is 27.3 Å². The van der Waals surface area contributed by atoms with Crippen LogP contribution in [0.25, 0.3) is 0 Å². The monoisotopic (exact) mass is 272 g/mol. The van der Waals surface area contributed by atoms with Gasteiger partial charge in [0.15, 0.2) is 0 Å². The van der Waals surface area contributed by atoms with Crippen molar-refractivity contribution in [3.05, 3.63) is 20.8 Å². The lowest BCUT2D eigenvalue weighted by Crippen LogP contribution is -2.14. The molecule has 2 rings (SSSR count). The van der Waals surface area contributed by atoms with Crippen LogP contribution in [0.4, 0.5) is 0 Å². The summed E-state index contributed by atoms with van der Waals surface area (Å²) < 4.78 is 1.08. The van der Waals surface area contributed by atoms with Crippen molar-refractivity contribution in [2.45, 2.75) is 26.2 Å². The highest BCUT2D eigenvalue weighted by Gasteiger charge is 2.32. The molecule has 14 heavy (non-hydrogen) atoms. The van der Waals surface area contributed by atoms with Crippen molar-refractivity contribution < 1.29 is 4.79 Å². The zero-order valence-corrected chi connectivity index (χ0v) is 10.5. The number of carbonyl (C=O) groups excluding carboxylic acids is 1. The molecule has 3 heteroatoms. The Kier molecular flexibility index (Phi) is 3.07. The van der Waals surface area contributed by atoms with Crippen LogP contribution in [0.15, 0.2) is 15.9 Å². The molecule has 0 N–H and O–H groups in total. The molecule has 0 radical (unpaired) electrons. The number of ketones is 1.